The fraction of sp³-hybridized carbons (Fsp3) is 0.722. The molecule has 0 spiro atoms. The average Bonchev–Trinajstić information content (AvgIpc) is 3.10. The Bertz CT molecular complexity index is 514. The van der Waals surface area contributed by atoms with Gasteiger partial charge in [0.2, 0.25) is 5.91 Å². The van der Waals surface area contributed by atoms with Gasteiger partial charge in [0.05, 0.1) is 0 Å². The molecule has 1 N–H and O–H groups in total. The van der Waals surface area contributed by atoms with Gasteiger partial charge in [0.25, 0.3) is 0 Å². The third kappa shape index (κ3) is 4.36. The SMILES string of the molecule is CC(=O)N1CCC(N2CCN(Cc3cccs3)[C@H](CCO)C2)CC1. The highest BCUT2D eigenvalue weighted by atomic mass is 32.1. The van der Waals surface area contributed by atoms with Crippen LogP contribution in [0.25, 0.3) is 0 Å². The summed E-state index contributed by atoms with van der Waals surface area (Å²) in [5.74, 6) is 0.201. The van der Waals surface area contributed by atoms with Crippen molar-refractivity contribution in [3.8, 4) is 0 Å². The molecular formula is C18H29N3O2S. The number of amides is 1. The lowest BCUT2D eigenvalue weighted by Gasteiger charge is -2.46. The quantitative estimate of drug-likeness (QED) is 0.876. The van der Waals surface area contributed by atoms with E-state index >= 15 is 0 Å². The van der Waals surface area contributed by atoms with Gasteiger partial charge in [-0.05, 0) is 30.7 Å². The first-order valence-corrected chi connectivity index (χ1v) is 9.92. The van der Waals surface area contributed by atoms with Gasteiger partial charge in [0.1, 0.15) is 0 Å². The van der Waals surface area contributed by atoms with E-state index in [0.29, 0.717) is 12.1 Å². The molecule has 134 valence electrons. The summed E-state index contributed by atoms with van der Waals surface area (Å²) in [5.41, 5.74) is 0. The molecule has 6 heteroatoms. The van der Waals surface area contributed by atoms with Crippen molar-refractivity contribution in [3.63, 3.8) is 0 Å². The predicted molar refractivity (Wildman–Crippen MR) is 97.1 cm³/mol. The number of thiophene rings is 1. The summed E-state index contributed by atoms with van der Waals surface area (Å²) in [6.45, 7) is 7.90. The van der Waals surface area contributed by atoms with Crippen molar-refractivity contribution in [2.75, 3.05) is 39.3 Å². The molecule has 0 saturated carbocycles. The fourth-order valence-electron chi connectivity index (χ4n) is 4.03. The van der Waals surface area contributed by atoms with Crippen LogP contribution in [0.4, 0.5) is 0 Å². The minimum absolute atomic E-state index is 0.201. The van der Waals surface area contributed by atoms with Crippen molar-refractivity contribution in [2.24, 2.45) is 0 Å². The monoisotopic (exact) mass is 351 g/mol. The fourth-order valence-corrected chi connectivity index (χ4v) is 4.76. The summed E-state index contributed by atoms with van der Waals surface area (Å²) in [6.07, 6.45) is 3.00. The number of piperazine rings is 1. The maximum atomic E-state index is 11.5. The highest BCUT2D eigenvalue weighted by Gasteiger charge is 2.32. The van der Waals surface area contributed by atoms with Crippen molar-refractivity contribution in [3.05, 3.63) is 22.4 Å². The standard InChI is InChI=1S/C18H29N3O2S/c1-15(23)19-7-4-16(5-8-19)20-9-10-21(17(13-20)6-11-22)14-18-3-2-12-24-18/h2-3,12,16-17,22H,4-11,13-14H2,1H3/t17-/m1/s1. The van der Waals surface area contributed by atoms with Gasteiger partial charge < -0.3 is 10.0 Å². The lowest BCUT2D eigenvalue weighted by molar-refractivity contribution is -0.130. The van der Waals surface area contributed by atoms with Crippen LogP contribution < -0.4 is 0 Å². The third-order valence-electron chi connectivity index (χ3n) is 5.46. The van der Waals surface area contributed by atoms with E-state index < -0.39 is 0 Å². The second-order valence-corrected chi connectivity index (χ2v) is 7.98. The molecule has 0 unspecified atom stereocenters. The Morgan fingerprint density at radius 2 is 2.08 bits per heavy atom. The summed E-state index contributed by atoms with van der Waals surface area (Å²) in [6, 6.07) is 5.33. The number of carbonyl (C=O) groups excluding carboxylic acids is 1. The zero-order valence-electron chi connectivity index (χ0n) is 14.6. The number of aliphatic hydroxyl groups excluding tert-OH is 1. The Hall–Kier alpha value is -0.950. The number of nitrogens with zero attached hydrogens (tertiary/aromatic N) is 3. The molecule has 2 aliphatic rings. The number of hydrogen-bond donors (Lipinski definition) is 1. The van der Waals surface area contributed by atoms with Crippen molar-refractivity contribution >= 4 is 17.2 Å². The van der Waals surface area contributed by atoms with Gasteiger partial charge in [-0.1, -0.05) is 6.07 Å². The van der Waals surface area contributed by atoms with Gasteiger partial charge in [0, 0.05) is 69.8 Å². The number of aliphatic hydroxyl groups is 1. The number of piperidine rings is 1. The number of rotatable bonds is 5. The van der Waals surface area contributed by atoms with E-state index in [1.54, 1.807) is 6.92 Å². The van der Waals surface area contributed by atoms with Crippen molar-refractivity contribution < 1.29 is 9.90 Å². The topological polar surface area (TPSA) is 47.0 Å². The molecule has 0 bridgehead atoms. The Kier molecular flexibility index (Phi) is 6.27. The molecule has 1 aromatic heterocycles. The number of hydrogen-bond acceptors (Lipinski definition) is 5. The zero-order valence-corrected chi connectivity index (χ0v) is 15.4. The highest BCUT2D eigenvalue weighted by molar-refractivity contribution is 7.09. The Morgan fingerprint density at radius 3 is 2.71 bits per heavy atom. The van der Waals surface area contributed by atoms with Gasteiger partial charge in [-0.3, -0.25) is 14.6 Å². The Labute approximate surface area is 148 Å². The van der Waals surface area contributed by atoms with Gasteiger partial charge in [0.15, 0.2) is 0 Å². The lowest BCUT2D eigenvalue weighted by Crippen LogP contribution is -2.57. The maximum absolute atomic E-state index is 11.5. The first kappa shape index (κ1) is 17.9. The largest absolute Gasteiger partial charge is 0.396 e. The van der Waals surface area contributed by atoms with Gasteiger partial charge in [-0.15, -0.1) is 11.3 Å². The molecule has 2 aliphatic heterocycles. The highest BCUT2D eigenvalue weighted by Crippen LogP contribution is 2.24. The molecular weight excluding hydrogens is 322 g/mol. The van der Waals surface area contributed by atoms with Crippen LogP contribution in [-0.2, 0) is 11.3 Å². The second kappa shape index (κ2) is 8.43. The zero-order chi connectivity index (χ0) is 16.9. The summed E-state index contributed by atoms with van der Waals surface area (Å²) < 4.78 is 0. The minimum atomic E-state index is 0.201. The van der Waals surface area contributed by atoms with Crippen LogP contribution in [0.1, 0.15) is 31.1 Å². The molecule has 0 aliphatic carbocycles. The number of carbonyl (C=O) groups is 1. The summed E-state index contributed by atoms with van der Waals surface area (Å²) >= 11 is 1.81. The summed E-state index contributed by atoms with van der Waals surface area (Å²) in [5, 5.41) is 11.6. The van der Waals surface area contributed by atoms with Crippen LogP contribution in [-0.4, -0.2) is 77.1 Å². The Morgan fingerprint density at radius 1 is 1.29 bits per heavy atom. The van der Waals surface area contributed by atoms with E-state index in [-0.39, 0.29) is 12.5 Å². The maximum Gasteiger partial charge on any atom is 0.219 e. The molecule has 1 aromatic rings. The molecule has 1 atom stereocenters. The van der Waals surface area contributed by atoms with Crippen molar-refractivity contribution in [1.29, 1.82) is 0 Å². The van der Waals surface area contributed by atoms with Crippen LogP contribution >= 0.6 is 11.3 Å². The molecule has 1 amide bonds. The van der Waals surface area contributed by atoms with Gasteiger partial charge in [-0.2, -0.15) is 0 Å². The third-order valence-corrected chi connectivity index (χ3v) is 6.32. The van der Waals surface area contributed by atoms with Gasteiger partial charge >= 0.3 is 0 Å². The van der Waals surface area contributed by atoms with E-state index in [9.17, 15) is 9.90 Å². The number of likely N-dealkylation sites (tertiary alicyclic amines) is 1. The molecule has 0 radical (unpaired) electrons. The van der Waals surface area contributed by atoms with E-state index in [1.165, 1.54) is 4.88 Å². The molecule has 2 fully saturated rings. The van der Waals surface area contributed by atoms with Crippen LogP contribution in [0.15, 0.2) is 17.5 Å². The van der Waals surface area contributed by atoms with Crippen LogP contribution in [0.5, 0.6) is 0 Å². The van der Waals surface area contributed by atoms with Crippen molar-refractivity contribution in [2.45, 2.75) is 44.8 Å². The van der Waals surface area contributed by atoms with Crippen LogP contribution in [0.3, 0.4) is 0 Å². The van der Waals surface area contributed by atoms with E-state index in [2.05, 4.69) is 27.3 Å². The molecule has 0 aromatic carbocycles. The molecule has 24 heavy (non-hydrogen) atoms. The molecule has 3 rings (SSSR count). The smallest absolute Gasteiger partial charge is 0.219 e. The van der Waals surface area contributed by atoms with Crippen LogP contribution in [0, 0.1) is 0 Å². The Balaban J connectivity index is 1.55. The first-order valence-electron chi connectivity index (χ1n) is 9.04. The minimum Gasteiger partial charge on any atom is -0.396 e. The van der Waals surface area contributed by atoms with E-state index in [0.717, 1.165) is 58.5 Å². The lowest BCUT2D eigenvalue weighted by atomic mass is 9.99. The summed E-state index contributed by atoms with van der Waals surface area (Å²) in [4.78, 5) is 20.0. The van der Waals surface area contributed by atoms with E-state index in [1.807, 2.05) is 16.2 Å². The molecule has 3 heterocycles. The van der Waals surface area contributed by atoms with Crippen molar-refractivity contribution in [1.82, 2.24) is 14.7 Å². The van der Waals surface area contributed by atoms with E-state index in [4.69, 9.17) is 0 Å². The average molecular weight is 352 g/mol. The summed E-state index contributed by atoms with van der Waals surface area (Å²) in [7, 11) is 0. The predicted octanol–water partition coefficient (Wildman–Crippen LogP) is 1.63. The normalized spacial score (nSPS) is 24.4. The molecule has 5 nitrogen and oxygen atoms in total. The first-order chi connectivity index (χ1) is 11.7. The van der Waals surface area contributed by atoms with Crippen LogP contribution in [0.2, 0.25) is 0 Å². The van der Waals surface area contributed by atoms with Gasteiger partial charge in [-0.25, -0.2) is 0 Å². The molecule has 2 saturated heterocycles. The second-order valence-electron chi connectivity index (χ2n) is 6.95.